The fraction of sp³-hybridized carbons (Fsp3) is 0.250. The highest BCUT2D eigenvalue weighted by Gasteiger charge is 2.16. The van der Waals surface area contributed by atoms with E-state index >= 15 is 0 Å². The lowest BCUT2D eigenvalue weighted by Gasteiger charge is -2.14. The van der Waals surface area contributed by atoms with Gasteiger partial charge in [0.25, 0.3) is 5.91 Å². The van der Waals surface area contributed by atoms with Crippen LogP contribution in [0.15, 0.2) is 54.9 Å². The zero-order chi connectivity index (χ0) is 18.5. The van der Waals surface area contributed by atoms with Crippen molar-refractivity contribution in [2.75, 3.05) is 0 Å². The quantitative estimate of drug-likeness (QED) is 0.716. The monoisotopic (exact) mass is 350 g/mol. The molecule has 3 aromatic rings. The van der Waals surface area contributed by atoms with Crippen LogP contribution in [0.5, 0.6) is 0 Å². The summed E-state index contributed by atoms with van der Waals surface area (Å²) in [5, 5.41) is 16.6. The van der Waals surface area contributed by atoms with Crippen molar-refractivity contribution in [3.8, 4) is 11.1 Å². The summed E-state index contributed by atoms with van der Waals surface area (Å²) < 4.78 is 1.76. The minimum Gasteiger partial charge on any atom is -0.392 e. The Hall–Kier alpha value is -2.99. The lowest BCUT2D eigenvalue weighted by atomic mass is 9.99. The Labute approximate surface area is 152 Å². The number of rotatable bonds is 6. The predicted octanol–water partition coefficient (Wildman–Crippen LogP) is 2.95. The number of aliphatic hydroxyl groups is 1. The molecule has 1 amide bonds. The summed E-state index contributed by atoms with van der Waals surface area (Å²) in [6.07, 6.45) is 1.49. The molecule has 1 atom stereocenters. The lowest BCUT2D eigenvalue weighted by molar-refractivity contribution is 0.0937. The van der Waals surface area contributed by atoms with Gasteiger partial charge in [-0.25, -0.2) is 9.67 Å². The van der Waals surface area contributed by atoms with Crippen LogP contribution in [0, 0.1) is 0 Å². The first-order valence-electron chi connectivity index (χ1n) is 8.61. The molecule has 0 aliphatic heterocycles. The number of hydrogen-bond acceptors (Lipinski definition) is 4. The average Bonchev–Trinajstić information content (AvgIpc) is 3.17. The molecule has 1 heterocycles. The van der Waals surface area contributed by atoms with Gasteiger partial charge in [-0.15, -0.1) is 0 Å². The van der Waals surface area contributed by atoms with E-state index in [1.165, 1.54) is 6.33 Å². The van der Waals surface area contributed by atoms with E-state index in [0.29, 0.717) is 12.1 Å². The van der Waals surface area contributed by atoms with Crippen LogP contribution < -0.4 is 5.32 Å². The van der Waals surface area contributed by atoms with E-state index in [1.807, 2.05) is 50.2 Å². The summed E-state index contributed by atoms with van der Waals surface area (Å²) in [5.74, 6) is 0.569. The first kappa shape index (κ1) is 17.8. The molecular formula is C20H22N4O2. The highest BCUT2D eigenvalue weighted by molar-refractivity contribution is 5.94. The lowest BCUT2D eigenvalue weighted by Crippen LogP contribution is -2.28. The van der Waals surface area contributed by atoms with Gasteiger partial charge >= 0.3 is 0 Å². The van der Waals surface area contributed by atoms with Gasteiger partial charge in [-0.2, -0.15) is 5.10 Å². The molecule has 0 aliphatic rings. The van der Waals surface area contributed by atoms with E-state index in [4.69, 9.17) is 0 Å². The summed E-state index contributed by atoms with van der Waals surface area (Å²) in [7, 11) is 0. The summed E-state index contributed by atoms with van der Waals surface area (Å²) >= 11 is 0. The summed E-state index contributed by atoms with van der Waals surface area (Å²) in [6.45, 7) is 4.55. The molecule has 0 fully saturated rings. The Balaban J connectivity index is 1.75. The van der Waals surface area contributed by atoms with Crippen molar-refractivity contribution in [3.63, 3.8) is 0 Å². The van der Waals surface area contributed by atoms with Crippen molar-refractivity contribution in [1.29, 1.82) is 0 Å². The third-order valence-corrected chi connectivity index (χ3v) is 4.33. The minimum atomic E-state index is -0.236. The van der Waals surface area contributed by atoms with Crippen molar-refractivity contribution < 1.29 is 9.90 Å². The van der Waals surface area contributed by atoms with E-state index in [-0.39, 0.29) is 18.6 Å². The van der Waals surface area contributed by atoms with E-state index in [2.05, 4.69) is 15.4 Å². The van der Waals surface area contributed by atoms with Crippen molar-refractivity contribution in [2.24, 2.45) is 0 Å². The van der Waals surface area contributed by atoms with Gasteiger partial charge in [-0.1, -0.05) is 36.4 Å². The maximum Gasteiger partial charge on any atom is 0.251 e. The Morgan fingerprint density at radius 2 is 1.92 bits per heavy atom. The summed E-state index contributed by atoms with van der Waals surface area (Å²) in [4.78, 5) is 16.7. The highest BCUT2D eigenvalue weighted by Crippen LogP contribution is 2.24. The topological polar surface area (TPSA) is 80.0 Å². The van der Waals surface area contributed by atoms with Crippen molar-refractivity contribution >= 4 is 5.91 Å². The fourth-order valence-corrected chi connectivity index (χ4v) is 2.94. The molecule has 0 saturated carbocycles. The van der Waals surface area contributed by atoms with Crippen LogP contribution in [0.1, 0.15) is 41.6 Å². The number of nitrogens with one attached hydrogen (secondary N) is 1. The zero-order valence-corrected chi connectivity index (χ0v) is 14.9. The fourth-order valence-electron chi connectivity index (χ4n) is 2.94. The maximum atomic E-state index is 12.5. The molecule has 0 spiro atoms. The Morgan fingerprint density at radius 3 is 2.62 bits per heavy atom. The van der Waals surface area contributed by atoms with Crippen LogP contribution in [0.2, 0.25) is 0 Å². The molecule has 6 nitrogen and oxygen atoms in total. The number of hydrogen-bond donors (Lipinski definition) is 2. The molecule has 2 N–H and O–H groups in total. The third kappa shape index (κ3) is 3.65. The second-order valence-electron chi connectivity index (χ2n) is 6.02. The molecule has 0 bridgehead atoms. The number of aromatic nitrogens is 3. The number of amides is 1. The normalized spacial score (nSPS) is 12.0. The van der Waals surface area contributed by atoms with Gasteiger partial charge in [-0.3, -0.25) is 4.79 Å². The number of nitrogens with zero attached hydrogens (tertiary/aromatic N) is 3. The Bertz CT molecular complexity index is 887. The number of benzene rings is 2. The molecule has 0 unspecified atom stereocenters. The molecule has 0 saturated heterocycles. The number of carbonyl (C=O) groups is 1. The van der Waals surface area contributed by atoms with Crippen molar-refractivity contribution in [2.45, 2.75) is 33.0 Å². The van der Waals surface area contributed by atoms with Crippen LogP contribution in [0.3, 0.4) is 0 Å². The summed E-state index contributed by atoms with van der Waals surface area (Å²) in [5.41, 5.74) is 3.36. The molecule has 6 heteroatoms. The first-order valence-corrected chi connectivity index (χ1v) is 8.61. The van der Waals surface area contributed by atoms with Gasteiger partial charge in [0.05, 0.1) is 12.6 Å². The second kappa shape index (κ2) is 7.93. The highest BCUT2D eigenvalue weighted by atomic mass is 16.3. The van der Waals surface area contributed by atoms with Gasteiger partial charge in [0, 0.05) is 12.1 Å². The summed E-state index contributed by atoms with van der Waals surface area (Å²) in [6, 6.07) is 14.8. The Morgan fingerprint density at radius 1 is 1.19 bits per heavy atom. The standard InChI is InChI=1S/C20H22N4O2/c1-3-24-19(21-13-22-24)14(2)23-20(26)16-10-8-15(9-11-16)18-7-5-4-6-17(18)12-25/h4-11,13-14,25H,3,12H2,1-2H3,(H,23,26)/t14-/m1/s1. The van der Waals surface area contributed by atoms with Crippen LogP contribution in [0.25, 0.3) is 11.1 Å². The van der Waals surface area contributed by atoms with Crippen LogP contribution in [0.4, 0.5) is 0 Å². The number of aliphatic hydroxyl groups excluding tert-OH is 1. The number of carbonyl (C=O) groups excluding carboxylic acids is 1. The predicted molar refractivity (Wildman–Crippen MR) is 99.4 cm³/mol. The van der Waals surface area contributed by atoms with E-state index in [0.717, 1.165) is 22.5 Å². The van der Waals surface area contributed by atoms with E-state index < -0.39 is 0 Å². The van der Waals surface area contributed by atoms with Gasteiger partial charge in [0.2, 0.25) is 0 Å². The van der Waals surface area contributed by atoms with Gasteiger partial charge < -0.3 is 10.4 Å². The smallest absolute Gasteiger partial charge is 0.251 e. The van der Waals surface area contributed by atoms with Crippen LogP contribution >= 0.6 is 0 Å². The van der Waals surface area contributed by atoms with Crippen LogP contribution in [-0.2, 0) is 13.2 Å². The molecule has 3 rings (SSSR count). The van der Waals surface area contributed by atoms with Gasteiger partial charge in [0.1, 0.15) is 12.2 Å². The third-order valence-electron chi connectivity index (χ3n) is 4.33. The zero-order valence-electron chi connectivity index (χ0n) is 14.9. The molecule has 1 aromatic heterocycles. The SMILES string of the molecule is CCn1ncnc1[C@@H](C)NC(=O)c1ccc(-c2ccccc2CO)cc1. The van der Waals surface area contributed by atoms with Crippen LogP contribution in [-0.4, -0.2) is 25.8 Å². The van der Waals surface area contributed by atoms with E-state index in [9.17, 15) is 9.90 Å². The first-order chi connectivity index (χ1) is 12.6. The van der Waals surface area contributed by atoms with Gasteiger partial charge in [-0.05, 0) is 42.7 Å². The molecule has 0 aliphatic carbocycles. The minimum absolute atomic E-state index is 0.0198. The largest absolute Gasteiger partial charge is 0.392 e. The van der Waals surface area contributed by atoms with E-state index in [1.54, 1.807) is 16.8 Å². The molecular weight excluding hydrogens is 328 g/mol. The second-order valence-corrected chi connectivity index (χ2v) is 6.02. The molecule has 2 aromatic carbocycles. The number of aryl methyl sites for hydroxylation is 1. The average molecular weight is 350 g/mol. The molecule has 134 valence electrons. The maximum absolute atomic E-state index is 12.5. The van der Waals surface area contributed by atoms with Crippen molar-refractivity contribution in [1.82, 2.24) is 20.1 Å². The molecule has 0 radical (unpaired) electrons. The molecule has 26 heavy (non-hydrogen) atoms. The Kier molecular flexibility index (Phi) is 5.43. The van der Waals surface area contributed by atoms with Crippen molar-refractivity contribution in [3.05, 3.63) is 71.8 Å². The van der Waals surface area contributed by atoms with Gasteiger partial charge in [0.15, 0.2) is 0 Å².